The molecule has 17 heteroatoms. The van der Waals surface area contributed by atoms with E-state index in [1.165, 1.54) is 11.8 Å². The SMILES string of the molecule is C=CCCC(=NOS(=O)(=O)O[Si](C)(C)C)SC1OC(CO[Si](C)(C)C)C(O[Si](C)(C)C)C(O[Si](C)(C)C)C1O[Si](C)(C)C. The molecule has 0 aromatic carbocycles. The number of thioether (sulfide) groups is 1. The maximum atomic E-state index is 12.5. The summed E-state index contributed by atoms with van der Waals surface area (Å²) in [4.78, 5) is 0. The topological polar surface area (TPSA) is 111 Å². The fourth-order valence-corrected chi connectivity index (χ4v) is 11.9. The standard InChI is InChI=1S/C26H59NO9S2Si5/c1-17-18-19-22(27-35-38(28,29)36-43(14,15)16)37-26-25(34-42(11,12)13)24(33-41(8,9)10)23(32-40(5,6)7)21(31-26)20-30-39(2,3)4/h17,21,23-26H,1,18-20H2,2-16H3. The van der Waals surface area contributed by atoms with Crippen LogP contribution in [0.25, 0.3) is 0 Å². The molecule has 10 nitrogen and oxygen atoms in total. The van der Waals surface area contributed by atoms with Crippen LogP contribution in [-0.4, -0.2) is 91.5 Å². The van der Waals surface area contributed by atoms with Crippen molar-refractivity contribution in [2.75, 3.05) is 6.61 Å². The zero-order valence-corrected chi connectivity index (χ0v) is 35.9. The fraction of sp³-hybridized carbons (Fsp3) is 0.885. The molecule has 1 saturated heterocycles. The molecular weight excluding hydrogens is 675 g/mol. The Morgan fingerprint density at radius 2 is 1.26 bits per heavy atom. The summed E-state index contributed by atoms with van der Waals surface area (Å²) in [6.45, 7) is 35.2. The highest BCUT2D eigenvalue weighted by molar-refractivity contribution is 8.14. The summed E-state index contributed by atoms with van der Waals surface area (Å²) in [6.07, 6.45) is 0.960. The van der Waals surface area contributed by atoms with Crippen LogP contribution in [0.3, 0.4) is 0 Å². The fourth-order valence-electron chi connectivity index (χ4n) is 3.96. The van der Waals surface area contributed by atoms with Gasteiger partial charge in [-0.3, -0.25) is 3.87 Å². The molecule has 0 bridgehead atoms. The number of oxime groups is 1. The van der Waals surface area contributed by atoms with Crippen molar-refractivity contribution in [1.29, 1.82) is 0 Å². The summed E-state index contributed by atoms with van der Waals surface area (Å²) < 4.78 is 69.1. The first-order valence-electron chi connectivity index (χ1n) is 14.9. The van der Waals surface area contributed by atoms with Gasteiger partial charge in [-0.1, -0.05) is 23.0 Å². The third-order valence-corrected chi connectivity index (χ3v) is 13.3. The number of allylic oxidation sites excluding steroid dienone is 1. The van der Waals surface area contributed by atoms with Crippen molar-refractivity contribution in [3.63, 3.8) is 0 Å². The molecule has 254 valence electrons. The molecule has 1 fully saturated rings. The minimum atomic E-state index is -4.32. The lowest BCUT2D eigenvalue weighted by atomic mass is 10.0. The summed E-state index contributed by atoms with van der Waals surface area (Å²) in [5, 5.41) is 4.50. The summed E-state index contributed by atoms with van der Waals surface area (Å²) in [6, 6.07) is 0. The van der Waals surface area contributed by atoms with Crippen LogP contribution in [0.5, 0.6) is 0 Å². The molecule has 5 atom stereocenters. The molecular formula is C26H59NO9S2Si5. The molecule has 0 N–H and O–H groups in total. The predicted molar refractivity (Wildman–Crippen MR) is 192 cm³/mol. The van der Waals surface area contributed by atoms with Crippen LogP contribution in [-0.2, 0) is 41.0 Å². The van der Waals surface area contributed by atoms with E-state index in [-0.39, 0.29) is 0 Å². The van der Waals surface area contributed by atoms with Crippen molar-refractivity contribution >= 4 is 68.8 Å². The van der Waals surface area contributed by atoms with Crippen molar-refractivity contribution in [2.45, 2.75) is 141 Å². The molecule has 0 aromatic rings. The van der Waals surface area contributed by atoms with Crippen LogP contribution < -0.4 is 0 Å². The third-order valence-electron chi connectivity index (χ3n) is 5.14. The van der Waals surface area contributed by atoms with E-state index < -0.39 is 81.8 Å². The molecule has 0 saturated carbocycles. The summed E-state index contributed by atoms with van der Waals surface area (Å²) in [5.74, 6) is 0. The minimum absolute atomic E-state index is 0.348. The first-order valence-corrected chi connectivity index (χ1v) is 34.2. The molecule has 1 heterocycles. The van der Waals surface area contributed by atoms with Gasteiger partial charge in [-0.05, 0) is 105 Å². The van der Waals surface area contributed by atoms with Gasteiger partial charge in [0.15, 0.2) is 33.3 Å². The number of hydrogen-bond donors (Lipinski definition) is 0. The largest absolute Gasteiger partial charge is 0.459 e. The van der Waals surface area contributed by atoms with E-state index in [4.69, 9.17) is 30.6 Å². The molecule has 0 amide bonds. The molecule has 1 rings (SSSR count). The predicted octanol–water partition coefficient (Wildman–Crippen LogP) is 7.35. The Balaban J connectivity index is 3.69. The average Bonchev–Trinajstić information content (AvgIpc) is 2.73. The zero-order chi connectivity index (χ0) is 33.7. The Labute approximate surface area is 271 Å². The second-order valence-electron chi connectivity index (χ2n) is 15.7. The Morgan fingerprint density at radius 1 is 0.767 bits per heavy atom. The highest BCUT2D eigenvalue weighted by Gasteiger charge is 2.52. The minimum Gasteiger partial charge on any atom is -0.415 e. The van der Waals surface area contributed by atoms with E-state index in [0.717, 1.165) is 0 Å². The monoisotopic (exact) mass is 733 g/mol. The van der Waals surface area contributed by atoms with Gasteiger partial charge in [-0.25, -0.2) is 4.28 Å². The first-order chi connectivity index (χ1) is 19.1. The molecule has 43 heavy (non-hydrogen) atoms. The van der Waals surface area contributed by atoms with Gasteiger partial charge in [0.1, 0.15) is 34.9 Å². The van der Waals surface area contributed by atoms with Crippen LogP contribution in [0.15, 0.2) is 17.8 Å². The van der Waals surface area contributed by atoms with Crippen molar-refractivity contribution in [2.24, 2.45) is 5.16 Å². The number of rotatable bonds is 17. The third kappa shape index (κ3) is 18.3. The normalized spacial score (nSPS) is 25.1. The number of nitrogens with zero attached hydrogens (tertiary/aromatic N) is 1. The molecule has 0 aliphatic carbocycles. The molecule has 1 aliphatic rings. The van der Waals surface area contributed by atoms with Gasteiger partial charge in [-0.15, -0.1) is 6.58 Å². The van der Waals surface area contributed by atoms with E-state index in [0.29, 0.717) is 24.5 Å². The number of ether oxygens (including phenoxy) is 1. The lowest BCUT2D eigenvalue weighted by molar-refractivity contribution is -0.188. The van der Waals surface area contributed by atoms with Gasteiger partial charge >= 0.3 is 10.4 Å². The summed E-state index contributed by atoms with van der Waals surface area (Å²) >= 11 is 1.29. The quantitative estimate of drug-likeness (QED) is 0.0495. The smallest absolute Gasteiger partial charge is 0.415 e. The van der Waals surface area contributed by atoms with Crippen LogP contribution in [0.1, 0.15) is 12.8 Å². The Morgan fingerprint density at radius 3 is 1.70 bits per heavy atom. The van der Waals surface area contributed by atoms with E-state index in [1.54, 1.807) is 25.7 Å². The van der Waals surface area contributed by atoms with Crippen molar-refractivity contribution in [1.82, 2.24) is 0 Å². The van der Waals surface area contributed by atoms with E-state index in [2.05, 4.69) is 90.3 Å². The maximum Gasteiger partial charge on any atom is 0.459 e. The van der Waals surface area contributed by atoms with Gasteiger partial charge in [-0.2, -0.15) is 8.42 Å². The van der Waals surface area contributed by atoms with Crippen LogP contribution in [0.2, 0.25) is 98.2 Å². The molecule has 0 radical (unpaired) electrons. The van der Waals surface area contributed by atoms with Gasteiger partial charge in [0.05, 0.1) is 6.61 Å². The Hall–Kier alpha value is 0.354. The lowest BCUT2D eigenvalue weighted by Gasteiger charge is -2.51. The van der Waals surface area contributed by atoms with E-state index >= 15 is 0 Å². The van der Waals surface area contributed by atoms with Crippen molar-refractivity contribution in [3.05, 3.63) is 12.7 Å². The molecule has 0 spiro atoms. The van der Waals surface area contributed by atoms with Gasteiger partial charge in [0.2, 0.25) is 8.32 Å². The summed E-state index contributed by atoms with van der Waals surface area (Å²) in [5.41, 5.74) is -0.586. The highest BCUT2D eigenvalue weighted by atomic mass is 32.3. The van der Waals surface area contributed by atoms with Crippen LogP contribution in [0.4, 0.5) is 0 Å². The second-order valence-corrected chi connectivity index (χ2v) is 40.6. The molecule has 0 aromatic heterocycles. The van der Waals surface area contributed by atoms with E-state index in [1.807, 2.05) is 0 Å². The van der Waals surface area contributed by atoms with E-state index in [9.17, 15) is 8.42 Å². The van der Waals surface area contributed by atoms with Crippen LogP contribution in [0, 0.1) is 0 Å². The maximum absolute atomic E-state index is 12.5. The molecule has 5 unspecified atom stereocenters. The van der Waals surface area contributed by atoms with Crippen molar-refractivity contribution < 1.29 is 39.0 Å². The lowest BCUT2D eigenvalue weighted by Crippen LogP contribution is -2.65. The van der Waals surface area contributed by atoms with Crippen molar-refractivity contribution in [3.8, 4) is 0 Å². The van der Waals surface area contributed by atoms with Crippen LogP contribution >= 0.6 is 11.8 Å². The summed E-state index contributed by atoms with van der Waals surface area (Å²) in [7, 11) is -15.0. The Kier molecular flexibility index (Phi) is 15.4. The van der Waals surface area contributed by atoms with Gasteiger partial charge in [0, 0.05) is 6.42 Å². The first kappa shape index (κ1) is 41.4. The highest BCUT2D eigenvalue weighted by Crippen LogP contribution is 2.39. The second kappa shape index (κ2) is 16.0. The van der Waals surface area contributed by atoms with Gasteiger partial charge in [0.25, 0.3) is 0 Å². The molecule has 1 aliphatic heterocycles. The number of hydrogen-bond acceptors (Lipinski definition) is 11. The van der Waals surface area contributed by atoms with Gasteiger partial charge < -0.3 is 22.4 Å². The average molecular weight is 734 g/mol. The zero-order valence-electron chi connectivity index (χ0n) is 29.2. The Bertz CT molecular complexity index is 1030.